The van der Waals surface area contributed by atoms with E-state index in [0.29, 0.717) is 22.2 Å². The molecule has 0 unspecified atom stereocenters. The van der Waals surface area contributed by atoms with Crippen molar-refractivity contribution < 1.29 is 23.5 Å². The van der Waals surface area contributed by atoms with Gasteiger partial charge in [-0.25, -0.2) is 4.79 Å². The monoisotopic (exact) mass is 320 g/mol. The lowest BCUT2D eigenvalue weighted by Gasteiger charge is -2.05. The number of benzene rings is 1. The van der Waals surface area contributed by atoms with Gasteiger partial charge < -0.3 is 13.9 Å². The van der Waals surface area contributed by atoms with Gasteiger partial charge in [-0.3, -0.25) is 4.79 Å². The lowest BCUT2D eigenvalue weighted by Crippen LogP contribution is -2.11. The van der Waals surface area contributed by atoms with E-state index in [1.165, 1.54) is 18.9 Å². The van der Waals surface area contributed by atoms with Crippen molar-refractivity contribution in [2.75, 3.05) is 20.5 Å². The molecule has 1 heterocycles. The van der Waals surface area contributed by atoms with Crippen LogP contribution in [-0.2, 0) is 4.74 Å². The Balaban J connectivity index is 2.53. The molecule has 0 atom stereocenters. The van der Waals surface area contributed by atoms with Crippen molar-refractivity contribution in [1.82, 2.24) is 0 Å². The van der Waals surface area contributed by atoms with Crippen LogP contribution in [0.5, 0.6) is 5.75 Å². The molecule has 2 aromatic rings. The number of aryl methyl sites for hydroxylation is 1. The minimum absolute atomic E-state index is 0.174. The third-order valence-corrected chi connectivity index (χ3v) is 3.86. The summed E-state index contributed by atoms with van der Waals surface area (Å²) < 4.78 is 15.4. The lowest BCUT2D eigenvalue weighted by molar-refractivity contribution is 0.0596. The van der Waals surface area contributed by atoms with Crippen molar-refractivity contribution in [3.8, 4) is 5.75 Å². The first-order chi connectivity index (χ1) is 10.5. The maximum absolute atomic E-state index is 12.8. The van der Waals surface area contributed by atoms with Crippen LogP contribution in [0.4, 0.5) is 0 Å². The number of methoxy groups -OCH3 is 2. The van der Waals surface area contributed by atoms with Crippen molar-refractivity contribution in [3.05, 3.63) is 46.7 Å². The van der Waals surface area contributed by atoms with Crippen LogP contribution >= 0.6 is 11.8 Å². The van der Waals surface area contributed by atoms with Crippen LogP contribution in [0.1, 0.15) is 32.0 Å². The van der Waals surface area contributed by atoms with E-state index in [9.17, 15) is 9.59 Å². The number of carbonyl (C=O) groups is 2. The summed E-state index contributed by atoms with van der Waals surface area (Å²) >= 11 is 1.27. The molecule has 0 N–H and O–H groups in total. The first kappa shape index (κ1) is 16.2. The first-order valence-corrected chi connectivity index (χ1v) is 7.70. The zero-order valence-corrected chi connectivity index (χ0v) is 13.6. The Bertz CT molecular complexity index is 700. The van der Waals surface area contributed by atoms with Gasteiger partial charge in [0.05, 0.1) is 19.8 Å². The summed E-state index contributed by atoms with van der Waals surface area (Å²) in [6.07, 6.45) is 1.78. The van der Waals surface area contributed by atoms with E-state index in [2.05, 4.69) is 0 Å². The standard InChI is InChI=1S/C16H16O5S/c1-9-12(15(18)20-3)13(16(21-9)22-4)14(17)10-5-7-11(19-2)8-6-10/h5-8H,1-4H3. The highest BCUT2D eigenvalue weighted by Crippen LogP contribution is 2.32. The molecule has 0 aliphatic heterocycles. The van der Waals surface area contributed by atoms with Gasteiger partial charge in [0, 0.05) is 5.56 Å². The van der Waals surface area contributed by atoms with Crippen molar-refractivity contribution in [2.24, 2.45) is 0 Å². The Hall–Kier alpha value is -2.21. The van der Waals surface area contributed by atoms with Crippen LogP contribution < -0.4 is 4.74 Å². The van der Waals surface area contributed by atoms with E-state index in [0.717, 1.165) is 0 Å². The average Bonchev–Trinajstić information content (AvgIpc) is 2.90. The lowest BCUT2D eigenvalue weighted by atomic mass is 10.0. The second kappa shape index (κ2) is 6.70. The fourth-order valence-electron chi connectivity index (χ4n) is 2.10. The smallest absolute Gasteiger partial charge is 0.342 e. The van der Waals surface area contributed by atoms with Gasteiger partial charge in [0.1, 0.15) is 17.1 Å². The molecule has 1 aromatic carbocycles. The molecule has 0 spiro atoms. The van der Waals surface area contributed by atoms with E-state index >= 15 is 0 Å². The van der Waals surface area contributed by atoms with Crippen molar-refractivity contribution in [1.29, 1.82) is 0 Å². The topological polar surface area (TPSA) is 65.7 Å². The second-order valence-electron chi connectivity index (χ2n) is 4.45. The third-order valence-electron chi connectivity index (χ3n) is 3.21. The average molecular weight is 320 g/mol. The summed E-state index contributed by atoms with van der Waals surface area (Å²) in [5, 5.41) is 0.402. The normalized spacial score (nSPS) is 10.4. The maximum atomic E-state index is 12.8. The van der Waals surface area contributed by atoms with Crippen LogP contribution in [0, 0.1) is 6.92 Å². The van der Waals surface area contributed by atoms with Gasteiger partial charge in [-0.15, -0.1) is 0 Å². The van der Waals surface area contributed by atoms with Gasteiger partial charge in [-0.05, 0) is 37.4 Å². The molecule has 0 aliphatic rings. The molecular weight excluding hydrogens is 304 g/mol. The van der Waals surface area contributed by atoms with E-state index in [1.807, 2.05) is 0 Å². The molecule has 1 aromatic heterocycles. The van der Waals surface area contributed by atoms with Crippen LogP contribution in [0.2, 0.25) is 0 Å². The van der Waals surface area contributed by atoms with Gasteiger partial charge in [0.15, 0.2) is 10.9 Å². The third kappa shape index (κ3) is 2.87. The molecule has 0 aliphatic carbocycles. The molecule has 0 radical (unpaired) electrons. The summed E-state index contributed by atoms with van der Waals surface area (Å²) in [7, 11) is 2.83. The van der Waals surface area contributed by atoms with Crippen LogP contribution in [-0.4, -0.2) is 32.2 Å². The number of carbonyl (C=O) groups excluding carboxylic acids is 2. The Morgan fingerprint density at radius 3 is 2.23 bits per heavy atom. The van der Waals surface area contributed by atoms with Crippen molar-refractivity contribution in [2.45, 2.75) is 12.0 Å². The molecule has 2 rings (SSSR count). The molecule has 5 nitrogen and oxygen atoms in total. The van der Waals surface area contributed by atoms with E-state index < -0.39 is 5.97 Å². The van der Waals surface area contributed by atoms with Gasteiger partial charge in [-0.1, -0.05) is 11.8 Å². The maximum Gasteiger partial charge on any atom is 0.342 e. The quantitative estimate of drug-likeness (QED) is 0.478. The number of hydrogen-bond donors (Lipinski definition) is 0. The van der Waals surface area contributed by atoms with Gasteiger partial charge in [0.25, 0.3) is 0 Å². The van der Waals surface area contributed by atoms with Crippen molar-refractivity contribution in [3.63, 3.8) is 0 Å². The summed E-state index contributed by atoms with van der Waals surface area (Å²) in [5.74, 6) is 0.147. The number of ketones is 1. The SMILES string of the molecule is COC(=O)c1c(C)oc(SC)c1C(=O)c1ccc(OC)cc1. The second-order valence-corrected chi connectivity index (χ2v) is 5.23. The summed E-state index contributed by atoms with van der Waals surface area (Å²) in [4.78, 5) is 24.7. The molecule has 22 heavy (non-hydrogen) atoms. The van der Waals surface area contributed by atoms with Crippen molar-refractivity contribution >= 4 is 23.5 Å². The fraction of sp³-hybridized carbons (Fsp3) is 0.250. The Labute approximate surface area is 132 Å². The number of rotatable bonds is 5. The Morgan fingerprint density at radius 1 is 1.09 bits per heavy atom. The largest absolute Gasteiger partial charge is 0.497 e. The summed E-state index contributed by atoms with van der Waals surface area (Å²) in [5.41, 5.74) is 0.858. The molecule has 6 heteroatoms. The van der Waals surface area contributed by atoms with Gasteiger partial charge in [-0.2, -0.15) is 0 Å². The number of hydrogen-bond acceptors (Lipinski definition) is 6. The molecule has 116 valence electrons. The number of ether oxygens (including phenoxy) is 2. The van der Waals surface area contributed by atoms with Crippen LogP contribution in [0.3, 0.4) is 0 Å². The predicted octanol–water partition coefficient (Wildman–Crippen LogP) is 3.34. The van der Waals surface area contributed by atoms with Gasteiger partial charge >= 0.3 is 5.97 Å². The zero-order valence-electron chi connectivity index (χ0n) is 12.8. The van der Waals surface area contributed by atoms with E-state index in [4.69, 9.17) is 13.9 Å². The highest BCUT2D eigenvalue weighted by molar-refractivity contribution is 7.98. The zero-order chi connectivity index (χ0) is 16.3. The molecule has 0 saturated heterocycles. The van der Waals surface area contributed by atoms with Crippen LogP contribution in [0.25, 0.3) is 0 Å². The minimum atomic E-state index is -0.585. The summed E-state index contributed by atoms with van der Waals surface area (Å²) in [6, 6.07) is 6.68. The number of furan rings is 1. The molecular formula is C16H16O5S. The molecule has 0 amide bonds. The Morgan fingerprint density at radius 2 is 1.73 bits per heavy atom. The van der Waals surface area contributed by atoms with E-state index in [1.54, 1.807) is 44.6 Å². The van der Waals surface area contributed by atoms with Gasteiger partial charge in [0.2, 0.25) is 0 Å². The minimum Gasteiger partial charge on any atom is -0.497 e. The highest BCUT2D eigenvalue weighted by Gasteiger charge is 2.29. The highest BCUT2D eigenvalue weighted by atomic mass is 32.2. The molecule has 0 fully saturated rings. The molecule has 0 saturated carbocycles. The first-order valence-electron chi connectivity index (χ1n) is 6.47. The number of thioether (sulfide) groups is 1. The van der Waals surface area contributed by atoms with Crippen LogP contribution in [0.15, 0.2) is 33.8 Å². The molecule has 0 bridgehead atoms. The Kier molecular flexibility index (Phi) is 4.92. The summed E-state index contributed by atoms with van der Waals surface area (Å²) in [6.45, 7) is 1.64. The number of esters is 1. The predicted molar refractivity (Wildman–Crippen MR) is 83.0 cm³/mol. The fourth-order valence-corrected chi connectivity index (χ4v) is 2.71. The van der Waals surface area contributed by atoms with E-state index in [-0.39, 0.29) is 16.9 Å².